The van der Waals surface area contributed by atoms with Crippen LogP contribution in [-0.2, 0) is 6.18 Å². The van der Waals surface area contributed by atoms with Crippen molar-refractivity contribution in [2.75, 3.05) is 11.9 Å². The molecule has 0 bridgehead atoms. The van der Waals surface area contributed by atoms with Crippen molar-refractivity contribution in [1.29, 1.82) is 0 Å². The number of alkyl halides is 3. The van der Waals surface area contributed by atoms with Gasteiger partial charge in [0.1, 0.15) is 5.56 Å². The van der Waals surface area contributed by atoms with E-state index in [2.05, 4.69) is 11.9 Å². The molecule has 1 rings (SSSR count). The summed E-state index contributed by atoms with van der Waals surface area (Å²) >= 11 is 0. The van der Waals surface area contributed by atoms with Gasteiger partial charge in [-0.2, -0.15) is 13.2 Å². The normalized spacial score (nSPS) is 11.1. The monoisotopic (exact) mass is 260 g/mol. The molecular formula is C11H11F3N2O2. The van der Waals surface area contributed by atoms with Crippen LogP contribution in [-0.4, -0.2) is 11.5 Å². The van der Waals surface area contributed by atoms with E-state index in [1.54, 1.807) is 6.08 Å². The summed E-state index contributed by atoms with van der Waals surface area (Å²) in [6, 6.07) is 2.83. The summed E-state index contributed by atoms with van der Waals surface area (Å²) < 4.78 is 37.9. The highest BCUT2D eigenvalue weighted by molar-refractivity contribution is 5.55. The van der Waals surface area contributed by atoms with E-state index in [0.717, 1.165) is 12.1 Å². The number of anilines is 1. The summed E-state index contributed by atoms with van der Waals surface area (Å²) in [5, 5.41) is 13.2. The molecule has 1 aromatic rings. The maximum absolute atomic E-state index is 12.6. The second kappa shape index (κ2) is 5.52. The molecule has 1 aromatic carbocycles. The van der Waals surface area contributed by atoms with E-state index in [4.69, 9.17) is 0 Å². The Morgan fingerprint density at radius 3 is 2.61 bits per heavy atom. The van der Waals surface area contributed by atoms with Gasteiger partial charge in [0.15, 0.2) is 0 Å². The lowest BCUT2D eigenvalue weighted by atomic mass is 10.1. The topological polar surface area (TPSA) is 55.2 Å². The summed E-state index contributed by atoms with van der Waals surface area (Å²) in [7, 11) is 0. The minimum atomic E-state index is -4.75. The minimum absolute atomic E-state index is 0.190. The molecule has 4 nitrogen and oxygen atoms in total. The predicted molar refractivity (Wildman–Crippen MR) is 61.4 cm³/mol. The molecule has 1 N–H and O–H groups in total. The van der Waals surface area contributed by atoms with Crippen molar-refractivity contribution in [2.45, 2.75) is 12.6 Å². The maximum atomic E-state index is 12.6. The third-order valence-electron chi connectivity index (χ3n) is 2.18. The summed E-state index contributed by atoms with van der Waals surface area (Å²) in [6.45, 7) is 3.89. The van der Waals surface area contributed by atoms with Crippen LogP contribution in [0.3, 0.4) is 0 Å². The average molecular weight is 260 g/mol. The van der Waals surface area contributed by atoms with Crippen LogP contribution in [0.1, 0.15) is 12.0 Å². The zero-order valence-electron chi connectivity index (χ0n) is 9.33. The molecule has 98 valence electrons. The largest absolute Gasteiger partial charge is 0.423 e. The zero-order valence-corrected chi connectivity index (χ0v) is 9.33. The second-order valence-corrected chi connectivity index (χ2v) is 3.49. The number of halogens is 3. The van der Waals surface area contributed by atoms with Crippen molar-refractivity contribution in [3.63, 3.8) is 0 Å². The molecule has 0 heterocycles. The highest BCUT2D eigenvalue weighted by atomic mass is 19.4. The van der Waals surface area contributed by atoms with Crippen LogP contribution < -0.4 is 5.32 Å². The molecule has 0 saturated heterocycles. The van der Waals surface area contributed by atoms with Crippen molar-refractivity contribution in [3.05, 3.63) is 46.5 Å². The standard InChI is InChI=1S/C11H11F3N2O2/c1-2-3-6-15-8-4-5-10(16(17)18)9(7-8)11(12,13)14/h2,4-5,7,15H,1,3,6H2. The van der Waals surface area contributed by atoms with E-state index >= 15 is 0 Å². The second-order valence-electron chi connectivity index (χ2n) is 3.49. The van der Waals surface area contributed by atoms with Gasteiger partial charge in [0.25, 0.3) is 5.69 Å². The Balaban J connectivity index is 3.06. The SMILES string of the molecule is C=CCCNc1ccc([N+](=O)[O-])c(C(F)(F)F)c1. The van der Waals surface area contributed by atoms with Gasteiger partial charge in [0, 0.05) is 18.3 Å². The van der Waals surface area contributed by atoms with Crippen molar-refractivity contribution in [3.8, 4) is 0 Å². The van der Waals surface area contributed by atoms with Crippen molar-refractivity contribution in [1.82, 2.24) is 0 Å². The van der Waals surface area contributed by atoms with Gasteiger partial charge < -0.3 is 5.32 Å². The molecule has 0 aliphatic rings. The Bertz CT molecular complexity index is 458. The van der Waals surface area contributed by atoms with Crippen LogP contribution in [0.15, 0.2) is 30.9 Å². The van der Waals surface area contributed by atoms with Crippen LogP contribution in [0, 0.1) is 10.1 Å². The Labute approximate surface area is 101 Å². The van der Waals surface area contributed by atoms with Crippen LogP contribution in [0.5, 0.6) is 0 Å². The van der Waals surface area contributed by atoms with Gasteiger partial charge in [-0.25, -0.2) is 0 Å². The van der Waals surface area contributed by atoms with E-state index in [1.807, 2.05) is 0 Å². The molecule has 0 aromatic heterocycles. The molecule has 7 heteroatoms. The first kappa shape index (κ1) is 14.0. The quantitative estimate of drug-likeness (QED) is 0.381. The average Bonchev–Trinajstić information content (AvgIpc) is 2.28. The first-order chi connectivity index (χ1) is 8.36. The van der Waals surface area contributed by atoms with Gasteiger partial charge >= 0.3 is 6.18 Å². The van der Waals surface area contributed by atoms with Crippen LogP contribution in [0.2, 0.25) is 0 Å². The summed E-state index contributed by atoms with van der Waals surface area (Å²) in [5.74, 6) is 0. The highest BCUT2D eigenvalue weighted by Crippen LogP contribution is 2.37. The fourth-order valence-corrected chi connectivity index (χ4v) is 1.35. The number of hydrogen-bond acceptors (Lipinski definition) is 3. The third kappa shape index (κ3) is 3.47. The molecular weight excluding hydrogens is 249 g/mol. The van der Waals surface area contributed by atoms with Gasteiger partial charge in [-0.05, 0) is 18.6 Å². The third-order valence-corrected chi connectivity index (χ3v) is 2.18. The molecule has 0 spiro atoms. The Kier molecular flexibility index (Phi) is 4.30. The lowest BCUT2D eigenvalue weighted by Crippen LogP contribution is -2.10. The predicted octanol–water partition coefficient (Wildman–Crippen LogP) is 3.60. The molecule has 0 aliphatic carbocycles. The van der Waals surface area contributed by atoms with E-state index in [1.165, 1.54) is 6.07 Å². The summed E-state index contributed by atoms with van der Waals surface area (Å²) in [4.78, 5) is 9.47. The molecule has 0 atom stereocenters. The number of benzene rings is 1. The number of nitrogens with one attached hydrogen (secondary N) is 1. The molecule has 0 radical (unpaired) electrons. The number of hydrogen-bond donors (Lipinski definition) is 1. The molecule has 0 aliphatic heterocycles. The van der Waals surface area contributed by atoms with Crippen molar-refractivity contribution in [2.24, 2.45) is 0 Å². The van der Waals surface area contributed by atoms with E-state index in [0.29, 0.717) is 13.0 Å². The molecule has 0 saturated carbocycles. The smallest absolute Gasteiger partial charge is 0.385 e. The number of nitro groups is 1. The fraction of sp³-hybridized carbons (Fsp3) is 0.273. The first-order valence-electron chi connectivity index (χ1n) is 5.06. The van der Waals surface area contributed by atoms with Gasteiger partial charge in [-0.3, -0.25) is 10.1 Å². The summed E-state index contributed by atoms with van der Waals surface area (Å²) in [6.07, 6.45) is -2.56. The molecule has 0 amide bonds. The lowest BCUT2D eigenvalue weighted by molar-refractivity contribution is -0.388. The Morgan fingerprint density at radius 1 is 1.44 bits per heavy atom. The highest BCUT2D eigenvalue weighted by Gasteiger charge is 2.38. The van der Waals surface area contributed by atoms with Crippen LogP contribution in [0.4, 0.5) is 24.5 Å². The number of nitro benzene ring substituents is 1. The Hall–Kier alpha value is -2.05. The van der Waals surface area contributed by atoms with E-state index in [9.17, 15) is 23.3 Å². The fourth-order valence-electron chi connectivity index (χ4n) is 1.35. The van der Waals surface area contributed by atoms with Crippen LogP contribution in [0.25, 0.3) is 0 Å². The van der Waals surface area contributed by atoms with E-state index < -0.39 is 22.4 Å². The van der Waals surface area contributed by atoms with Crippen molar-refractivity contribution >= 4 is 11.4 Å². The number of rotatable bonds is 5. The van der Waals surface area contributed by atoms with Crippen molar-refractivity contribution < 1.29 is 18.1 Å². The van der Waals surface area contributed by atoms with Gasteiger partial charge in [0.05, 0.1) is 4.92 Å². The van der Waals surface area contributed by atoms with E-state index in [-0.39, 0.29) is 5.69 Å². The minimum Gasteiger partial charge on any atom is -0.385 e. The maximum Gasteiger partial charge on any atom is 0.423 e. The van der Waals surface area contributed by atoms with Crippen LogP contribution >= 0.6 is 0 Å². The van der Waals surface area contributed by atoms with Gasteiger partial charge in [0.2, 0.25) is 0 Å². The Morgan fingerprint density at radius 2 is 2.11 bits per heavy atom. The molecule has 0 fully saturated rings. The van der Waals surface area contributed by atoms with Gasteiger partial charge in [-0.1, -0.05) is 6.08 Å². The summed E-state index contributed by atoms with van der Waals surface area (Å²) in [5.41, 5.74) is -2.01. The first-order valence-corrected chi connectivity index (χ1v) is 5.06. The zero-order chi connectivity index (χ0) is 13.8. The van der Waals surface area contributed by atoms with Gasteiger partial charge in [-0.15, -0.1) is 6.58 Å². The molecule has 18 heavy (non-hydrogen) atoms. The molecule has 0 unspecified atom stereocenters. The number of nitrogens with zero attached hydrogens (tertiary/aromatic N) is 1. The lowest BCUT2D eigenvalue weighted by Gasteiger charge is -2.10.